The van der Waals surface area contributed by atoms with E-state index in [0.29, 0.717) is 18.9 Å². The molecule has 2 fully saturated rings. The summed E-state index contributed by atoms with van der Waals surface area (Å²) in [7, 11) is 2.10. The molecule has 24 heavy (non-hydrogen) atoms. The van der Waals surface area contributed by atoms with Crippen LogP contribution < -0.4 is 0 Å². The van der Waals surface area contributed by atoms with Crippen molar-refractivity contribution < 1.29 is 9.90 Å². The minimum absolute atomic E-state index is 0.194. The number of nitrogens with zero attached hydrogens (tertiary/aromatic N) is 2. The van der Waals surface area contributed by atoms with Crippen LogP contribution in [0.15, 0.2) is 30.3 Å². The molecular formula is C20H30N2O2. The third-order valence-electron chi connectivity index (χ3n) is 5.95. The van der Waals surface area contributed by atoms with Crippen molar-refractivity contribution in [1.29, 1.82) is 0 Å². The Hall–Kier alpha value is -1.39. The summed E-state index contributed by atoms with van der Waals surface area (Å²) in [5, 5.41) is 11.3. The highest BCUT2D eigenvalue weighted by Crippen LogP contribution is 2.39. The lowest BCUT2D eigenvalue weighted by molar-refractivity contribution is -0.146. The first-order chi connectivity index (χ1) is 11.3. The number of piperidine rings is 1. The van der Waals surface area contributed by atoms with E-state index in [1.807, 2.05) is 23.1 Å². The molecule has 1 aromatic carbocycles. The Balaban J connectivity index is 1.64. The largest absolute Gasteiger partial charge is 0.387 e. The standard InChI is InChI=1S/C20H30N2O2/c1-19(2)14-21(3)10-9-20(19,24)15-22-13-17(12-18(22)23)11-16-7-5-4-6-8-16/h4-8,17,24H,9-15H2,1-3H3. The highest BCUT2D eigenvalue weighted by molar-refractivity contribution is 5.78. The van der Waals surface area contributed by atoms with Gasteiger partial charge in [0, 0.05) is 38.0 Å². The zero-order chi connectivity index (χ0) is 17.4. The van der Waals surface area contributed by atoms with Gasteiger partial charge in [0.15, 0.2) is 0 Å². The van der Waals surface area contributed by atoms with Crippen molar-refractivity contribution in [1.82, 2.24) is 9.80 Å². The minimum Gasteiger partial charge on any atom is -0.387 e. The van der Waals surface area contributed by atoms with Crippen LogP contribution in [-0.2, 0) is 11.2 Å². The third-order valence-corrected chi connectivity index (χ3v) is 5.95. The van der Waals surface area contributed by atoms with Gasteiger partial charge in [-0.15, -0.1) is 0 Å². The van der Waals surface area contributed by atoms with Gasteiger partial charge in [-0.1, -0.05) is 44.2 Å². The molecule has 2 aliphatic rings. The molecule has 0 saturated carbocycles. The number of carbonyl (C=O) groups is 1. The van der Waals surface area contributed by atoms with E-state index in [4.69, 9.17) is 0 Å². The molecule has 2 saturated heterocycles. The summed E-state index contributed by atoms with van der Waals surface area (Å²) in [4.78, 5) is 16.6. The van der Waals surface area contributed by atoms with Gasteiger partial charge in [-0.2, -0.15) is 0 Å². The predicted molar refractivity (Wildman–Crippen MR) is 95.7 cm³/mol. The maximum Gasteiger partial charge on any atom is 0.223 e. The molecule has 1 amide bonds. The molecule has 1 aromatic rings. The lowest BCUT2D eigenvalue weighted by Crippen LogP contribution is -2.61. The molecule has 1 N–H and O–H groups in total. The number of rotatable bonds is 4. The smallest absolute Gasteiger partial charge is 0.223 e. The molecule has 132 valence electrons. The highest BCUT2D eigenvalue weighted by Gasteiger charge is 2.49. The first-order valence-corrected chi connectivity index (χ1v) is 9.02. The Labute approximate surface area is 145 Å². The molecule has 3 rings (SSSR count). The minimum atomic E-state index is -0.795. The molecular weight excluding hydrogens is 300 g/mol. The molecule has 2 heterocycles. The fraction of sp³-hybridized carbons (Fsp3) is 0.650. The quantitative estimate of drug-likeness (QED) is 0.920. The van der Waals surface area contributed by atoms with Crippen molar-refractivity contribution in [2.75, 3.05) is 33.2 Å². The fourth-order valence-electron chi connectivity index (χ4n) is 4.31. The number of benzene rings is 1. The number of hydrogen-bond acceptors (Lipinski definition) is 3. The Morgan fingerprint density at radius 1 is 1.25 bits per heavy atom. The SMILES string of the molecule is CN1CCC(O)(CN2CC(Cc3ccccc3)CC2=O)C(C)(C)C1. The molecule has 4 heteroatoms. The molecule has 2 aliphatic heterocycles. The van der Waals surface area contributed by atoms with Crippen molar-refractivity contribution in [3.8, 4) is 0 Å². The van der Waals surface area contributed by atoms with E-state index in [-0.39, 0.29) is 11.3 Å². The van der Waals surface area contributed by atoms with Gasteiger partial charge in [0.25, 0.3) is 0 Å². The first-order valence-electron chi connectivity index (χ1n) is 9.02. The van der Waals surface area contributed by atoms with Crippen molar-refractivity contribution in [2.24, 2.45) is 11.3 Å². The van der Waals surface area contributed by atoms with Crippen LogP contribution in [0.25, 0.3) is 0 Å². The number of amides is 1. The van der Waals surface area contributed by atoms with Crippen molar-refractivity contribution in [2.45, 2.75) is 38.7 Å². The van der Waals surface area contributed by atoms with Gasteiger partial charge >= 0.3 is 0 Å². The molecule has 4 nitrogen and oxygen atoms in total. The van der Waals surface area contributed by atoms with E-state index in [0.717, 1.165) is 32.5 Å². The summed E-state index contributed by atoms with van der Waals surface area (Å²) < 4.78 is 0. The normalized spacial score (nSPS) is 30.8. The van der Waals surface area contributed by atoms with Crippen molar-refractivity contribution >= 4 is 5.91 Å². The van der Waals surface area contributed by atoms with Gasteiger partial charge < -0.3 is 14.9 Å². The summed E-state index contributed by atoms with van der Waals surface area (Å²) >= 11 is 0. The van der Waals surface area contributed by atoms with E-state index in [9.17, 15) is 9.90 Å². The second kappa shape index (κ2) is 6.49. The van der Waals surface area contributed by atoms with Crippen LogP contribution >= 0.6 is 0 Å². The van der Waals surface area contributed by atoms with E-state index < -0.39 is 5.60 Å². The molecule has 0 aromatic heterocycles. The number of β-amino-alcohol motifs (C(OH)–C–C–N with tert-alkyl or cyclic N) is 1. The Kier molecular flexibility index (Phi) is 4.71. The van der Waals surface area contributed by atoms with Gasteiger partial charge in [-0.3, -0.25) is 4.79 Å². The molecule has 0 spiro atoms. The first kappa shape index (κ1) is 17.4. The van der Waals surface area contributed by atoms with E-state index in [2.05, 4.69) is 37.9 Å². The fourth-order valence-corrected chi connectivity index (χ4v) is 4.31. The van der Waals surface area contributed by atoms with Crippen molar-refractivity contribution in [3.05, 3.63) is 35.9 Å². The zero-order valence-electron chi connectivity index (χ0n) is 15.2. The Morgan fingerprint density at radius 3 is 2.62 bits per heavy atom. The van der Waals surface area contributed by atoms with Crippen molar-refractivity contribution in [3.63, 3.8) is 0 Å². The van der Waals surface area contributed by atoms with E-state index in [1.165, 1.54) is 5.56 Å². The van der Waals surface area contributed by atoms with Gasteiger partial charge in [-0.25, -0.2) is 0 Å². The highest BCUT2D eigenvalue weighted by atomic mass is 16.3. The lowest BCUT2D eigenvalue weighted by atomic mass is 9.69. The van der Waals surface area contributed by atoms with Crippen LogP contribution in [0.4, 0.5) is 0 Å². The number of aliphatic hydroxyl groups is 1. The average Bonchev–Trinajstić information content (AvgIpc) is 2.84. The van der Waals surface area contributed by atoms with Gasteiger partial charge in [-0.05, 0) is 31.4 Å². The van der Waals surface area contributed by atoms with Crippen LogP contribution in [-0.4, -0.2) is 59.6 Å². The van der Waals surface area contributed by atoms with Gasteiger partial charge in [0.05, 0.1) is 5.60 Å². The van der Waals surface area contributed by atoms with Crippen LogP contribution in [0, 0.1) is 11.3 Å². The van der Waals surface area contributed by atoms with E-state index >= 15 is 0 Å². The summed E-state index contributed by atoms with van der Waals surface area (Å²) in [6.45, 7) is 7.21. The lowest BCUT2D eigenvalue weighted by Gasteiger charge is -2.50. The Morgan fingerprint density at radius 2 is 1.96 bits per heavy atom. The number of carbonyl (C=O) groups excluding carboxylic acids is 1. The zero-order valence-corrected chi connectivity index (χ0v) is 15.2. The van der Waals surface area contributed by atoms with Crippen LogP contribution in [0.5, 0.6) is 0 Å². The second-order valence-corrected chi connectivity index (χ2v) is 8.44. The van der Waals surface area contributed by atoms with Crippen LogP contribution in [0.1, 0.15) is 32.3 Å². The summed E-state index contributed by atoms with van der Waals surface area (Å²) in [5.41, 5.74) is 0.282. The molecule has 0 radical (unpaired) electrons. The van der Waals surface area contributed by atoms with Crippen LogP contribution in [0.2, 0.25) is 0 Å². The summed E-state index contributed by atoms with van der Waals surface area (Å²) in [6.07, 6.45) is 2.27. The monoisotopic (exact) mass is 330 g/mol. The number of likely N-dealkylation sites (tertiary alicyclic amines) is 2. The molecule has 0 bridgehead atoms. The third kappa shape index (κ3) is 3.50. The Bertz CT molecular complexity index is 587. The molecule has 2 unspecified atom stereocenters. The van der Waals surface area contributed by atoms with Gasteiger partial charge in [0.2, 0.25) is 5.91 Å². The second-order valence-electron chi connectivity index (χ2n) is 8.44. The molecule has 2 atom stereocenters. The predicted octanol–water partition coefficient (Wildman–Crippen LogP) is 2.17. The van der Waals surface area contributed by atoms with Crippen LogP contribution in [0.3, 0.4) is 0 Å². The maximum absolute atomic E-state index is 12.5. The maximum atomic E-state index is 12.5. The number of hydrogen-bond donors (Lipinski definition) is 1. The van der Waals surface area contributed by atoms with Gasteiger partial charge in [0.1, 0.15) is 0 Å². The average molecular weight is 330 g/mol. The van der Waals surface area contributed by atoms with E-state index in [1.54, 1.807) is 0 Å². The molecule has 0 aliphatic carbocycles. The topological polar surface area (TPSA) is 43.8 Å². The summed E-state index contributed by atoms with van der Waals surface area (Å²) in [6, 6.07) is 10.4. The summed E-state index contributed by atoms with van der Waals surface area (Å²) in [5.74, 6) is 0.553.